The third-order valence-corrected chi connectivity index (χ3v) is 2.92. The maximum Gasteiger partial charge on any atom is 0.387 e. The van der Waals surface area contributed by atoms with Gasteiger partial charge < -0.3 is 15.2 Å². The first kappa shape index (κ1) is 15.6. The lowest BCUT2D eigenvalue weighted by atomic mass is 10.2. The van der Waals surface area contributed by atoms with Crippen LogP contribution in [0.2, 0.25) is 10.0 Å². The van der Waals surface area contributed by atoms with Crippen LogP contribution in [0.1, 0.15) is 0 Å². The van der Waals surface area contributed by atoms with Gasteiger partial charge in [0.1, 0.15) is 5.75 Å². The minimum atomic E-state index is -3.17. The summed E-state index contributed by atoms with van der Waals surface area (Å²) in [5, 5.41) is 0.573. The summed E-state index contributed by atoms with van der Waals surface area (Å²) in [6.45, 7) is -3.17. The van der Waals surface area contributed by atoms with Crippen molar-refractivity contribution in [2.45, 2.75) is 6.61 Å². The molecule has 0 radical (unpaired) electrons. The van der Waals surface area contributed by atoms with Crippen LogP contribution in [0.25, 0.3) is 0 Å². The molecule has 0 fully saturated rings. The fourth-order valence-corrected chi connectivity index (χ4v) is 1.95. The quantitative estimate of drug-likeness (QED) is 0.788. The fourth-order valence-electron chi connectivity index (χ4n) is 1.50. The summed E-state index contributed by atoms with van der Waals surface area (Å²) in [5.74, 6) is -1.60. The molecule has 0 saturated heterocycles. The molecule has 3 nitrogen and oxygen atoms in total. The van der Waals surface area contributed by atoms with E-state index in [-0.39, 0.29) is 22.2 Å². The summed E-state index contributed by atoms with van der Waals surface area (Å²) < 4.78 is 47.2. The van der Waals surface area contributed by atoms with Crippen LogP contribution in [-0.4, -0.2) is 6.61 Å². The van der Waals surface area contributed by atoms with Gasteiger partial charge in [-0.1, -0.05) is 23.2 Å². The second kappa shape index (κ2) is 6.32. The van der Waals surface area contributed by atoms with Crippen LogP contribution in [-0.2, 0) is 0 Å². The van der Waals surface area contributed by atoms with E-state index >= 15 is 0 Å². The highest BCUT2D eigenvalue weighted by atomic mass is 35.5. The average molecular weight is 338 g/mol. The molecule has 0 spiro atoms. The molecule has 2 N–H and O–H groups in total. The van der Waals surface area contributed by atoms with Gasteiger partial charge in [0.05, 0.1) is 10.7 Å². The monoisotopic (exact) mass is 337 g/mol. The van der Waals surface area contributed by atoms with Gasteiger partial charge >= 0.3 is 6.61 Å². The lowest BCUT2D eigenvalue weighted by Crippen LogP contribution is -2.05. The summed E-state index contributed by atoms with van der Waals surface area (Å²) in [5.41, 5.74) is 5.47. The van der Waals surface area contributed by atoms with Gasteiger partial charge in [0.2, 0.25) is 0 Å². The highest BCUT2D eigenvalue weighted by Gasteiger charge is 2.15. The average Bonchev–Trinajstić information content (AvgIpc) is 2.37. The standard InChI is InChI=1S/C13H8Cl2F3NO2/c14-6-1-2-10(7(15)3-6)20-12-5-11(21-13(17)18)8(16)4-9(12)19/h1-5,13H,19H2. The van der Waals surface area contributed by atoms with Gasteiger partial charge in [-0.15, -0.1) is 0 Å². The fraction of sp³-hybridized carbons (Fsp3) is 0.0769. The van der Waals surface area contributed by atoms with Crippen LogP contribution in [0.3, 0.4) is 0 Å². The van der Waals surface area contributed by atoms with E-state index in [0.29, 0.717) is 5.02 Å². The molecule has 112 valence electrons. The van der Waals surface area contributed by atoms with Gasteiger partial charge in [-0.25, -0.2) is 4.39 Å². The Labute approximate surface area is 128 Å². The zero-order valence-corrected chi connectivity index (χ0v) is 11.8. The minimum Gasteiger partial charge on any atom is -0.453 e. The molecule has 2 rings (SSSR count). The van der Waals surface area contributed by atoms with Crippen LogP contribution in [0.15, 0.2) is 30.3 Å². The lowest BCUT2D eigenvalue weighted by molar-refractivity contribution is -0.0522. The van der Waals surface area contributed by atoms with Crippen LogP contribution in [0.4, 0.5) is 18.9 Å². The van der Waals surface area contributed by atoms with Crippen molar-refractivity contribution in [3.05, 3.63) is 46.2 Å². The molecule has 0 unspecified atom stereocenters. The Morgan fingerprint density at radius 1 is 1.00 bits per heavy atom. The van der Waals surface area contributed by atoms with Crippen molar-refractivity contribution in [1.82, 2.24) is 0 Å². The van der Waals surface area contributed by atoms with E-state index in [9.17, 15) is 13.2 Å². The van der Waals surface area contributed by atoms with Gasteiger partial charge in [0.15, 0.2) is 17.3 Å². The topological polar surface area (TPSA) is 44.5 Å². The van der Waals surface area contributed by atoms with Gasteiger partial charge in [0.25, 0.3) is 0 Å². The number of hydrogen-bond donors (Lipinski definition) is 1. The van der Waals surface area contributed by atoms with E-state index in [1.165, 1.54) is 18.2 Å². The first-order valence-electron chi connectivity index (χ1n) is 5.53. The van der Waals surface area contributed by atoms with Crippen LogP contribution < -0.4 is 15.2 Å². The molecule has 0 amide bonds. The molecular formula is C13H8Cl2F3NO2. The Morgan fingerprint density at radius 3 is 2.33 bits per heavy atom. The van der Waals surface area contributed by atoms with Crippen molar-refractivity contribution in [1.29, 1.82) is 0 Å². The Kier molecular flexibility index (Phi) is 4.69. The molecule has 0 heterocycles. The number of anilines is 1. The highest BCUT2D eigenvalue weighted by molar-refractivity contribution is 6.35. The molecule has 0 aliphatic heterocycles. The van der Waals surface area contributed by atoms with E-state index in [1.54, 1.807) is 0 Å². The molecular weight excluding hydrogens is 330 g/mol. The third-order valence-electron chi connectivity index (χ3n) is 2.39. The highest BCUT2D eigenvalue weighted by Crippen LogP contribution is 2.37. The largest absolute Gasteiger partial charge is 0.453 e. The van der Waals surface area contributed by atoms with E-state index in [0.717, 1.165) is 12.1 Å². The molecule has 0 aliphatic rings. The first-order valence-corrected chi connectivity index (χ1v) is 6.29. The SMILES string of the molecule is Nc1cc(F)c(OC(F)F)cc1Oc1ccc(Cl)cc1Cl. The van der Waals surface area contributed by atoms with Crippen LogP contribution >= 0.6 is 23.2 Å². The number of hydrogen-bond acceptors (Lipinski definition) is 3. The van der Waals surface area contributed by atoms with E-state index in [4.69, 9.17) is 33.7 Å². The van der Waals surface area contributed by atoms with E-state index in [1.807, 2.05) is 0 Å². The van der Waals surface area contributed by atoms with E-state index in [2.05, 4.69) is 4.74 Å². The van der Waals surface area contributed by atoms with Crippen LogP contribution in [0.5, 0.6) is 17.2 Å². The summed E-state index contributed by atoms with van der Waals surface area (Å²) in [6, 6.07) is 6.13. The Morgan fingerprint density at radius 2 is 1.71 bits per heavy atom. The van der Waals surface area contributed by atoms with E-state index < -0.39 is 18.2 Å². The van der Waals surface area contributed by atoms with Crippen molar-refractivity contribution >= 4 is 28.9 Å². The molecule has 0 aromatic heterocycles. The summed E-state index contributed by atoms with van der Waals surface area (Å²) in [6.07, 6.45) is 0. The number of nitrogen functional groups attached to an aromatic ring is 1. The van der Waals surface area contributed by atoms with Gasteiger partial charge in [-0.3, -0.25) is 0 Å². The second-order valence-corrected chi connectivity index (χ2v) is 4.72. The molecule has 0 saturated carbocycles. The molecule has 0 atom stereocenters. The predicted molar refractivity (Wildman–Crippen MR) is 74.0 cm³/mol. The number of ether oxygens (including phenoxy) is 2. The number of alkyl halides is 2. The minimum absolute atomic E-state index is 0.0729. The Bertz CT molecular complexity index is 668. The maximum atomic E-state index is 13.4. The Hall–Kier alpha value is -1.79. The molecule has 21 heavy (non-hydrogen) atoms. The number of benzene rings is 2. The van der Waals surface area contributed by atoms with Crippen molar-refractivity contribution in [2.24, 2.45) is 0 Å². The van der Waals surface area contributed by atoms with Crippen molar-refractivity contribution < 1.29 is 22.6 Å². The maximum absolute atomic E-state index is 13.4. The number of rotatable bonds is 4. The van der Waals surface area contributed by atoms with Gasteiger partial charge in [-0.05, 0) is 18.2 Å². The zero-order valence-electron chi connectivity index (χ0n) is 10.2. The zero-order chi connectivity index (χ0) is 15.6. The Balaban J connectivity index is 2.34. The predicted octanol–water partition coefficient (Wildman–Crippen LogP) is 5.11. The molecule has 0 aliphatic carbocycles. The van der Waals surface area contributed by atoms with Crippen molar-refractivity contribution in [2.75, 3.05) is 5.73 Å². The molecule has 2 aromatic rings. The van der Waals surface area contributed by atoms with Crippen molar-refractivity contribution in [3.8, 4) is 17.2 Å². The normalized spacial score (nSPS) is 10.8. The summed E-state index contributed by atoms with van der Waals surface area (Å²) in [4.78, 5) is 0. The summed E-state index contributed by atoms with van der Waals surface area (Å²) in [7, 11) is 0. The first-order chi connectivity index (χ1) is 9.86. The molecule has 2 aromatic carbocycles. The number of halogens is 5. The second-order valence-electron chi connectivity index (χ2n) is 3.88. The lowest BCUT2D eigenvalue weighted by Gasteiger charge is -2.13. The van der Waals surface area contributed by atoms with Crippen molar-refractivity contribution in [3.63, 3.8) is 0 Å². The van der Waals surface area contributed by atoms with Gasteiger partial charge in [0, 0.05) is 17.2 Å². The molecule has 8 heteroatoms. The number of nitrogens with two attached hydrogens (primary N) is 1. The summed E-state index contributed by atoms with van der Waals surface area (Å²) >= 11 is 11.6. The third kappa shape index (κ3) is 3.86. The van der Waals surface area contributed by atoms with Gasteiger partial charge in [-0.2, -0.15) is 8.78 Å². The smallest absolute Gasteiger partial charge is 0.387 e. The van der Waals surface area contributed by atoms with Crippen LogP contribution in [0, 0.1) is 5.82 Å². The molecule has 0 bridgehead atoms.